The van der Waals surface area contributed by atoms with Crippen LogP contribution in [0.15, 0.2) is 57.3 Å². The van der Waals surface area contributed by atoms with Crippen LogP contribution in [0, 0.1) is 10.1 Å². The van der Waals surface area contributed by atoms with Gasteiger partial charge in [-0.1, -0.05) is 23.4 Å². The van der Waals surface area contributed by atoms with E-state index in [2.05, 4.69) is 4.98 Å². The molecular weight excluding hydrogens is 410 g/mol. The Morgan fingerprint density at radius 2 is 2.21 bits per heavy atom. The number of carbonyl (C=O) groups excluding carboxylic acids is 1. The Hall–Kier alpha value is -3.11. The molecule has 0 saturated heterocycles. The van der Waals surface area contributed by atoms with Gasteiger partial charge < -0.3 is 13.7 Å². The van der Waals surface area contributed by atoms with Crippen molar-refractivity contribution in [2.75, 3.05) is 0 Å². The molecule has 0 aliphatic carbocycles. The van der Waals surface area contributed by atoms with E-state index in [1.165, 1.54) is 23.9 Å². The number of hydrogen-bond acceptors (Lipinski definition) is 8. The lowest BCUT2D eigenvalue weighted by Crippen LogP contribution is -2.15. The van der Waals surface area contributed by atoms with Crippen LogP contribution < -0.4 is 10.2 Å². The number of nitro benzene ring substituents is 1. The highest BCUT2D eigenvalue weighted by Crippen LogP contribution is 2.24. The molecule has 0 radical (unpaired) electrons. The topological polar surface area (TPSA) is 117 Å². The van der Waals surface area contributed by atoms with Crippen LogP contribution in [0.3, 0.4) is 0 Å². The number of nitrogens with zero attached hydrogens (tertiary/aromatic N) is 3. The normalized spacial score (nSPS) is 10.6. The van der Waals surface area contributed by atoms with Gasteiger partial charge in [0.2, 0.25) is 11.2 Å². The van der Waals surface area contributed by atoms with Crippen molar-refractivity contribution < 1.29 is 18.9 Å². The zero-order valence-corrected chi connectivity index (χ0v) is 15.9. The molecule has 144 valence electrons. The van der Waals surface area contributed by atoms with Crippen LogP contribution in [-0.4, -0.2) is 20.4 Å². The van der Waals surface area contributed by atoms with Crippen molar-refractivity contribution in [3.8, 4) is 5.75 Å². The van der Waals surface area contributed by atoms with E-state index in [4.69, 9.17) is 20.8 Å². The molecule has 11 heteroatoms. The molecule has 0 bridgehead atoms. The number of nitro groups is 1. The van der Waals surface area contributed by atoms with Crippen molar-refractivity contribution >= 4 is 35.0 Å². The molecule has 0 spiro atoms. The van der Waals surface area contributed by atoms with E-state index in [1.54, 1.807) is 12.4 Å². The van der Waals surface area contributed by atoms with Gasteiger partial charge in [0.25, 0.3) is 5.69 Å². The lowest BCUT2D eigenvalue weighted by molar-refractivity contribution is -0.384. The fourth-order valence-corrected chi connectivity index (χ4v) is 3.17. The van der Waals surface area contributed by atoms with Crippen LogP contribution in [0.2, 0.25) is 5.02 Å². The standard InChI is InChI=1S/C17H12ClN3O6S/c1-20-5-4-19-17(20)28-9-11-7-14(22)15(8-26-11)27-16(23)12-6-10(21(24)25)2-3-13(12)18/h2-8H,9H2,1H3. The Balaban J connectivity index is 1.73. The molecule has 28 heavy (non-hydrogen) atoms. The summed E-state index contributed by atoms with van der Waals surface area (Å²) in [7, 11) is 1.84. The van der Waals surface area contributed by atoms with Crippen LogP contribution in [-0.2, 0) is 12.8 Å². The summed E-state index contributed by atoms with van der Waals surface area (Å²) < 4.78 is 12.1. The minimum atomic E-state index is -1.00. The molecule has 2 heterocycles. The van der Waals surface area contributed by atoms with E-state index in [9.17, 15) is 19.7 Å². The molecule has 0 N–H and O–H groups in total. The van der Waals surface area contributed by atoms with Gasteiger partial charge >= 0.3 is 5.97 Å². The number of rotatable bonds is 6. The number of carbonyl (C=O) groups is 1. The van der Waals surface area contributed by atoms with E-state index in [0.717, 1.165) is 23.6 Å². The number of imidazole rings is 1. The largest absolute Gasteiger partial charge is 0.464 e. The van der Waals surface area contributed by atoms with Gasteiger partial charge in [-0.2, -0.15) is 0 Å². The summed E-state index contributed by atoms with van der Waals surface area (Å²) >= 11 is 7.26. The third-order valence-electron chi connectivity index (χ3n) is 3.56. The maximum Gasteiger partial charge on any atom is 0.345 e. The highest BCUT2D eigenvalue weighted by Gasteiger charge is 2.19. The zero-order chi connectivity index (χ0) is 20.3. The number of aromatic nitrogens is 2. The number of thioether (sulfide) groups is 1. The molecule has 9 nitrogen and oxygen atoms in total. The second kappa shape index (κ2) is 8.28. The van der Waals surface area contributed by atoms with Crippen molar-refractivity contribution in [2.45, 2.75) is 10.9 Å². The lowest BCUT2D eigenvalue weighted by Gasteiger charge is -2.06. The molecule has 0 amide bonds. The summed E-state index contributed by atoms with van der Waals surface area (Å²) in [5, 5.41) is 11.6. The Morgan fingerprint density at radius 1 is 1.43 bits per heavy atom. The summed E-state index contributed by atoms with van der Waals surface area (Å²) in [6.07, 6.45) is 4.46. The number of aryl methyl sites for hydroxylation is 1. The highest BCUT2D eigenvalue weighted by molar-refractivity contribution is 7.98. The Labute approximate surface area is 167 Å². The summed E-state index contributed by atoms with van der Waals surface area (Å²) in [6.45, 7) is 0. The predicted molar refractivity (Wildman–Crippen MR) is 101 cm³/mol. The van der Waals surface area contributed by atoms with Crippen LogP contribution >= 0.6 is 23.4 Å². The van der Waals surface area contributed by atoms with Gasteiger partial charge in [-0.3, -0.25) is 14.9 Å². The molecule has 0 atom stereocenters. The second-order valence-corrected chi connectivity index (χ2v) is 6.84. The Bertz CT molecular complexity index is 1110. The monoisotopic (exact) mass is 421 g/mol. The molecule has 2 aromatic heterocycles. The lowest BCUT2D eigenvalue weighted by atomic mass is 10.2. The molecule has 3 rings (SSSR count). The van der Waals surface area contributed by atoms with Crippen LogP contribution in [0.25, 0.3) is 0 Å². The molecule has 0 aliphatic heterocycles. The summed E-state index contributed by atoms with van der Waals surface area (Å²) in [5.41, 5.74) is -1.13. The number of ether oxygens (including phenoxy) is 1. The first-order valence-corrected chi connectivity index (χ1v) is 9.09. The van der Waals surface area contributed by atoms with E-state index >= 15 is 0 Å². The quantitative estimate of drug-likeness (QED) is 0.257. The van der Waals surface area contributed by atoms with Gasteiger partial charge in [0.15, 0.2) is 5.16 Å². The summed E-state index contributed by atoms with van der Waals surface area (Å²) in [6, 6.07) is 4.54. The van der Waals surface area contributed by atoms with Crippen molar-refractivity contribution in [1.82, 2.24) is 9.55 Å². The molecule has 0 aliphatic rings. The second-order valence-electron chi connectivity index (χ2n) is 5.50. The van der Waals surface area contributed by atoms with Crippen LogP contribution in [0.1, 0.15) is 16.1 Å². The molecule has 1 aromatic carbocycles. The van der Waals surface area contributed by atoms with E-state index in [0.29, 0.717) is 11.5 Å². The molecular formula is C17H12ClN3O6S. The van der Waals surface area contributed by atoms with Crippen molar-refractivity contribution in [2.24, 2.45) is 7.05 Å². The van der Waals surface area contributed by atoms with E-state index < -0.39 is 16.3 Å². The fourth-order valence-electron chi connectivity index (χ4n) is 2.15. The number of benzene rings is 1. The molecule has 0 fully saturated rings. The number of hydrogen-bond donors (Lipinski definition) is 0. The third kappa shape index (κ3) is 4.41. The van der Waals surface area contributed by atoms with Gasteiger partial charge in [-0.05, 0) is 6.07 Å². The summed E-state index contributed by atoms with van der Waals surface area (Å²) in [4.78, 5) is 38.7. The van der Waals surface area contributed by atoms with Gasteiger partial charge in [0.1, 0.15) is 12.0 Å². The highest BCUT2D eigenvalue weighted by atomic mass is 35.5. The fraction of sp³-hybridized carbons (Fsp3) is 0.118. The third-order valence-corrected chi connectivity index (χ3v) is 4.97. The van der Waals surface area contributed by atoms with Gasteiger partial charge in [-0.15, -0.1) is 0 Å². The molecule has 0 unspecified atom stereocenters. The van der Waals surface area contributed by atoms with E-state index in [-0.39, 0.29) is 22.0 Å². The average molecular weight is 422 g/mol. The van der Waals surface area contributed by atoms with Gasteiger partial charge in [0.05, 0.1) is 21.3 Å². The van der Waals surface area contributed by atoms with Crippen LogP contribution in [0.5, 0.6) is 5.75 Å². The first kappa shape index (κ1) is 19.6. The SMILES string of the molecule is Cn1ccnc1SCc1cc(=O)c(OC(=O)c2cc([N+](=O)[O-])ccc2Cl)co1. The first-order valence-electron chi connectivity index (χ1n) is 7.73. The number of esters is 1. The number of halogens is 1. The molecule has 3 aromatic rings. The average Bonchev–Trinajstić information content (AvgIpc) is 3.07. The molecule has 0 saturated carbocycles. The zero-order valence-electron chi connectivity index (χ0n) is 14.3. The minimum Gasteiger partial charge on any atom is -0.464 e. The van der Waals surface area contributed by atoms with Gasteiger partial charge in [-0.25, -0.2) is 9.78 Å². The van der Waals surface area contributed by atoms with Crippen molar-refractivity contribution in [1.29, 1.82) is 0 Å². The number of non-ortho nitro benzene ring substituents is 1. The van der Waals surface area contributed by atoms with Crippen molar-refractivity contribution in [3.63, 3.8) is 0 Å². The van der Waals surface area contributed by atoms with Crippen LogP contribution in [0.4, 0.5) is 5.69 Å². The van der Waals surface area contributed by atoms with Gasteiger partial charge in [0, 0.05) is 37.6 Å². The Kier molecular flexibility index (Phi) is 5.81. The first-order chi connectivity index (χ1) is 13.3. The van der Waals surface area contributed by atoms with E-state index in [1.807, 2.05) is 11.6 Å². The van der Waals surface area contributed by atoms with Crippen molar-refractivity contribution in [3.05, 3.63) is 79.6 Å². The Morgan fingerprint density at radius 3 is 2.86 bits per heavy atom. The smallest absolute Gasteiger partial charge is 0.345 e. The predicted octanol–water partition coefficient (Wildman–Crippen LogP) is 3.45. The summed E-state index contributed by atoms with van der Waals surface area (Å²) in [5.74, 6) is -0.633. The minimum absolute atomic E-state index is 0.0388. The maximum atomic E-state index is 12.2. The maximum absolute atomic E-state index is 12.2.